The minimum absolute atomic E-state index is 0.161. The molecule has 1 aliphatic heterocycles. The third-order valence-corrected chi connectivity index (χ3v) is 2.58. The van der Waals surface area contributed by atoms with Crippen molar-refractivity contribution in [1.29, 1.82) is 0 Å². The number of morpholine rings is 1. The van der Waals surface area contributed by atoms with Crippen LogP contribution in [0.2, 0.25) is 0 Å². The number of carboxylic acid groups (broad SMARTS) is 1. The molecule has 1 saturated heterocycles. The number of aliphatic hydroxyl groups is 1. The summed E-state index contributed by atoms with van der Waals surface area (Å²) in [5.74, 6) is -1.10. The molecule has 0 radical (unpaired) electrons. The number of nitrogens with one attached hydrogen (secondary N) is 1. The molecule has 0 spiro atoms. The Morgan fingerprint density at radius 1 is 1.53 bits per heavy atom. The number of carbonyl (C=O) groups is 2. The maximum absolute atomic E-state index is 11.8. The zero-order valence-electron chi connectivity index (χ0n) is 9.97. The molecule has 1 fully saturated rings. The molecule has 1 heterocycles. The molecule has 17 heavy (non-hydrogen) atoms. The normalized spacial score (nSPS) is 21.1. The smallest absolute Gasteiger partial charge is 0.328 e. The van der Waals surface area contributed by atoms with Crippen molar-refractivity contribution < 1.29 is 24.5 Å². The lowest BCUT2D eigenvalue weighted by molar-refractivity contribution is -0.143. The summed E-state index contributed by atoms with van der Waals surface area (Å²) in [7, 11) is 0. The summed E-state index contributed by atoms with van der Waals surface area (Å²) in [6.45, 7) is 3.66. The van der Waals surface area contributed by atoms with Crippen LogP contribution in [-0.4, -0.2) is 65.1 Å². The lowest BCUT2D eigenvalue weighted by atomic mass is 10.1. The molecule has 0 saturated carbocycles. The van der Waals surface area contributed by atoms with Gasteiger partial charge in [0.2, 0.25) is 0 Å². The summed E-state index contributed by atoms with van der Waals surface area (Å²) in [6, 6.07) is -0.459. The highest BCUT2D eigenvalue weighted by atomic mass is 16.5. The van der Waals surface area contributed by atoms with Gasteiger partial charge in [-0.1, -0.05) is 0 Å². The number of aliphatic carboxylic acids is 1. The molecule has 2 amide bonds. The molecule has 1 unspecified atom stereocenters. The van der Waals surface area contributed by atoms with E-state index in [-0.39, 0.29) is 13.2 Å². The summed E-state index contributed by atoms with van der Waals surface area (Å²) < 4.78 is 5.20. The van der Waals surface area contributed by atoms with Crippen LogP contribution in [0.5, 0.6) is 0 Å². The maximum atomic E-state index is 11.8. The SMILES string of the molecule is CC(C)(NC(=O)N1CCOC(CO)C1)C(=O)O. The molecule has 0 aromatic heterocycles. The van der Waals surface area contributed by atoms with Gasteiger partial charge < -0.3 is 25.2 Å². The van der Waals surface area contributed by atoms with Crippen LogP contribution in [0.4, 0.5) is 4.79 Å². The van der Waals surface area contributed by atoms with Gasteiger partial charge in [-0.15, -0.1) is 0 Å². The fourth-order valence-electron chi connectivity index (χ4n) is 1.41. The van der Waals surface area contributed by atoms with Gasteiger partial charge in [-0.05, 0) is 13.8 Å². The molecule has 98 valence electrons. The van der Waals surface area contributed by atoms with E-state index in [2.05, 4.69) is 5.32 Å². The van der Waals surface area contributed by atoms with Crippen molar-refractivity contribution in [2.75, 3.05) is 26.3 Å². The highest BCUT2D eigenvalue weighted by Crippen LogP contribution is 2.08. The van der Waals surface area contributed by atoms with E-state index in [9.17, 15) is 9.59 Å². The van der Waals surface area contributed by atoms with Crippen molar-refractivity contribution in [1.82, 2.24) is 10.2 Å². The molecule has 3 N–H and O–H groups in total. The fraction of sp³-hybridized carbons (Fsp3) is 0.800. The van der Waals surface area contributed by atoms with Gasteiger partial charge in [0, 0.05) is 6.54 Å². The van der Waals surface area contributed by atoms with Crippen LogP contribution >= 0.6 is 0 Å². The van der Waals surface area contributed by atoms with E-state index in [1.165, 1.54) is 18.7 Å². The molecule has 0 aliphatic carbocycles. The first-order chi connectivity index (χ1) is 7.86. The zero-order valence-corrected chi connectivity index (χ0v) is 9.97. The van der Waals surface area contributed by atoms with E-state index >= 15 is 0 Å². The Bertz CT molecular complexity index is 305. The number of ether oxygens (including phenoxy) is 1. The molecule has 1 atom stereocenters. The van der Waals surface area contributed by atoms with Gasteiger partial charge >= 0.3 is 12.0 Å². The van der Waals surface area contributed by atoms with Crippen molar-refractivity contribution in [3.8, 4) is 0 Å². The first-order valence-corrected chi connectivity index (χ1v) is 5.40. The van der Waals surface area contributed by atoms with Crippen LogP contribution in [0.15, 0.2) is 0 Å². The second-order valence-electron chi connectivity index (χ2n) is 4.48. The third kappa shape index (κ3) is 3.57. The number of carboxylic acids is 1. The third-order valence-electron chi connectivity index (χ3n) is 2.58. The molecular weight excluding hydrogens is 228 g/mol. The van der Waals surface area contributed by atoms with E-state index in [1.54, 1.807) is 0 Å². The summed E-state index contributed by atoms with van der Waals surface area (Å²) in [5.41, 5.74) is -1.32. The van der Waals surface area contributed by atoms with Crippen LogP contribution in [-0.2, 0) is 9.53 Å². The van der Waals surface area contributed by atoms with Gasteiger partial charge in [0.05, 0.1) is 25.9 Å². The molecule has 0 aromatic carbocycles. The molecule has 7 nitrogen and oxygen atoms in total. The number of urea groups is 1. The van der Waals surface area contributed by atoms with E-state index in [1.807, 2.05) is 0 Å². The first kappa shape index (κ1) is 13.7. The average molecular weight is 246 g/mol. The van der Waals surface area contributed by atoms with Crippen molar-refractivity contribution >= 4 is 12.0 Å². The summed E-state index contributed by atoms with van der Waals surface area (Å²) >= 11 is 0. The molecule has 0 aromatic rings. The molecule has 1 rings (SSSR count). The van der Waals surface area contributed by atoms with Gasteiger partial charge in [0.15, 0.2) is 0 Å². The Kier molecular flexibility index (Phi) is 4.30. The zero-order chi connectivity index (χ0) is 13.1. The van der Waals surface area contributed by atoms with Gasteiger partial charge in [-0.3, -0.25) is 0 Å². The van der Waals surface area contributed by atoms with E-state index in [0.29, 0.717) is 13.2 Å². The van der Waals surface area contributed by atoms with Gasteiger partial charge in [-0.25, -0.2) is 9.59 Å². The molecule has 0 bridgehead atoms. The number of aliphatic hydroxyl groups excluding tert-OH is 1. The first-order valence-electron chi connectivity index (χ1n) is 5.40. The van der Waals surface area contributed by atoms with Gasteiger partial charge in [0.1, 0.15) is 5.54 Å². The number of amides is 2. The Morgan fingerprint density at radius 3 is 2.71 bits per heavy atom. The van der Waals surface area contributed by atoms with Crippen molar-refractivity contribution in [2.45, 2.75) is 25.5 Å². The highest BCUT2D eigenvalue weighted by molar-refractivity contribution is 5.85. The van der Waals surface area contributed by atoms with Crippen LogP contribution < -0.4 is 5.32 Å². The Balaban J connectivity index is 2.55. The summed E-state index contributed by atoms with van der Waals surface area (Å²) in [6.07, 6.45) is -0.401. The van der Waals surface area contributed by atoms with Crippen LogP contribution in [0.3, 0.4) is 0 Å². The second-order valence-corrected chi connectivity index (χ2v) is 4.48. The quantitative estimate of drug-likeness (QED) is 0.608. The van der Waals surface area contributed by atoms with Gasteiger partial charge in [0.25, 0.3) is 0 Å². The van der Waals surface area contributed by atoms with E-state index in [4.69, 9.17) is 14.9 Å². The minimum Gasteiger partial charge on any atom is -0.480 e. The van der Waals surface area contributed by atoms with Crippen LogP contribution in [0, 0.1) is 0 Å². The lowest BCUT2D eigenvalue weighted by Crippen LogP contribution is -2.57. The van der Waals surface area contributed by atoms with Crippen LogP contribution in [0.1, 0.15) is 13.8 Å². The van der Waals surface area contributed by atoms with Crippen molar-refractivity contribution in [3.05, 3.63) is 0 Å². The molecule has 7 heteroatoms. The fourth-order valence-corrected chi connectivity index (χ4v) is 1.41. The van der Waals surface area contributed by atoms with E-state index in [0.717, 1.165) is 0 Å². The predicted molar refractivity (Wildman–Crippen MR) is 58.6 cm³/mol. The number of nitrogens with zero attached hydrogens (tertiary/aromatic N) is 1. The number of carbonyl (C=O) groups excluding carboxylic acids is 1. The number of hydrogen-bond acceptors (Lipinski definition) is 4. The minimum atomic E-state index is -1.32. The summed E-state index contributed by atoms with van der Waals surface area (Å²) in [5, 5.41) is 20.2. The van der Waals surface area contributed by atoms with Crippen molar-refractivity contribution in [2.24, 2.45) is 0 Å². The summed E-state index contributed by atoms with van der Waals surface area (Å²) in [4.78, 5) is 24.1. The van der Waals surface area contributed by atoms with Gasteiger partial charge in [-0.2, -0.15) is 0 Å². The maximum Gasteiger partial charge on any atom is 0.328 e. The molecular formula is C10H18N2O5. The molecule has 1 aliphatic rings. The number of rotatable bonds is 3. The Hall–Kier alpha value is -1.34. The largest absolute Gasteiger partial charge is 0.480 e. The van der Waals surface area contributed by atoms with Crippen molar-refractivity contribution in [3.63, 3.8) is 0 Å². The predicted octanol–water partition coefficient (Wildman–Crippen LogP) is -0.748. The monoisotopic (exact) mass is 246 g/mol. The second kappa shape index (κ2) is 5.33. The lowest BCUT2D eigenvalue weighted by Gasteiger charge is -2.34. The number of hydrogen-bond donors (Lipinski definition) is 3. The van der Waals surface area contributed by atoms with E-state index < -0.39 is 23.6 Å². The van der Waals surface area contributed by atoms with Crippen LogP contribution in [0.25, 0.3) is 0 Å². The average Bonchev–Trinajstić information content (AvgIpc) is 2.28. The topological polar surface area (TPSA) is 99.1 Å². The Morgan fingerprint density at radius 2 is 2.18 bits per heavy atom. The highest BCUT2D eigenvalue weighted by Gasteiger charge is 2.32. The standard InChI is InChI=1S/C10H18N2O5/c1-10(2,8(14)15)11-9(16)12-3-4-17-7(5-12)6-13/h7,13H,3-6H2,1-2H3,(H,11,16)(H,14,15). The Labute approximate surface area is 99.4 Å².